The van der Waals surface area contributed by atoms with Crippen LogP contribution in [0.15, 0.2) is 64.0 Å². The molecular weight excluding hydrogens is 389 g/mol. The molecule has 1 aromatic heterocycles. The Hall–Kier alpha value is -1.58. The zero-order valence-electron chi connectivity index (χ0n) is 14.9. The van der Waals surface area contributed by atoms with Gasteiger partial charge in [0.15, 0.2) is 0 Å². The van der Waals surface area contributed by atoms with Crippen molar-refractivity contribution < 1.29 is 4.42 Å². The minimum Gasteiger partial charge on any atom is -0.463 e. The molecule has 2 nitrogen and oxygen atoms in total. The monoisotopic (exact) mass is 410 g/mol. The van der Waals surface area contributed by atoms with Crippen LogP contribution in [0.5, 0.6) is 0 Å². The minimum atomic E-state index is 0.0370. The Morgan fingerprint density at radius 2 is 1.59 bits per heavy atom. The Labute approximate surface area is 165 Å². The average Bonchev–Trinajstić information content (AvgIpc) is 2.72. The maximum atomic E-state index is 13.3. The topological polar surface area (TPSA) is 30.2 Å². The summed E-state index contributed by atoms with van der Waals surface area (Å²) in [6.07, 6.45) is 4.07. The SMILES string of the molecule is O=c1c(-c2ccc3cc(CP)ccc3c2)coc2ccc(CP)c(CP)c12. The van der Waals surface area contributed by atoms with Crippen molar-refractivity contribution in [2.24, 2.45) is 0 Å². The van der Waals surface area contributed by atoms with E-state index < -0.39 is 0 Å². The van der Waals surface area contributed by atoms with Gasteiger partial charge in [0.05, 0.1) is 10.9 Å². The summed E-state index contributed by atoms with van der Waals surface area (Å²) >= 11 is 0. The third-order valence-electron chi connectivity index (χ3n) is 5.02. The predicted molar refractivity (Wildman–Crippen MR) is 126 cm³/mol. The van der Waals surface area contributed by atoms with Gasteiger partial charge in [-0.05, 0) is 63.6 Å². The number of benzene rings is 3. The van der Waals surface area contributed by atoms with Gasteiger partial charge in [0.1, 0.15) is 11.8 Å². The largest absolute Gasteiger partial charge is 0.463 e. The summed E-state index contributed by atoms with van der Waals surface area (Å²) in [6.45, 7) is 0. The summed E-state index contributed by atoms with van der Waals surface area (Å²) in [5.74, 6) is 0. The lowest BCUT2D eigenvalue weighted by atomic mass is 9.98. The summed E-state index contributed by atoms with van der Waals surface area (Å²) in [7, 11) is 8.22. The van der Waals surface area contributed by atoms with E-state index in [1.54, 1.807) is 6.26 Å². The Morgan fingerprint density at radius 1 is 0.815 bits per heavy atom. The second kappa shape index (κ2) is 7.81. The first kappa shape index (κ1) is 18.8. The maximum Gasteiger partial charge on any atom is 0.200 e. The molecule has 3 unspecified atom stereocenters. The summed E-state index contributed by atoms with van der Waals surface area (Å²) in [5, 5.41) is 3.00. The van der Waals surface area contributed by atoms with Crippen LogP contribution in [0, 0.1) is 0 Å². The smallest absolute Gasteiger partial charge is 0.200 e. The highest BCUT2D eigenvalue weighted by Gasteiger charge is 2.14. The lowest BCUT2D eigenvalue weighted by Crippen LogP contribution is -2.08. The molecule has 3 aromatic carbocycles. The fraction of sp³-hybridized carbons (Fsp3) is 0.136. The van der Waals surface area contributed by atoms with Gasteiger partial charge < -0.3 is 4.42 Å². The second-order valence-electron chi connectivity index (χ2n) is 6.56. The lowest BCUT2D eigenvalue weighted by Gasteiger charge is -2.11. The fourth-order valence-corrected chi connectivity index (χ4v) is 4.64. The Balaban J connectivity index is 1.95. The van der Waals surface area contributed by atoms with Crippen LogP contribution >= 0.6 is 27.7 Å². The average molecular weight is 410 g/mol. The van der Waals surface area contributed by atoms with Gasteiger partial charge in [-0.3, -0.25) is 4.79 Å². The molecule has 27 heavy (non-hydrogen) atoms. The van der Waals surface area contributed by atoms with Gasteiger partial charge in [0.2, 0.25) is 5.43 Å². The fourth-order valence-electron chi connectivity index (χ4n) is 3.54. The van der Waals surface area contributed by atoms with Gasteiger partial charge in [-0.1, -0.05) is 36.4 Å². The summed E-state index contributed by atoms with van der Waals surface area (Å²) in [6, 6.07) is 16.5. The highest BCUT2D eigenvalue weighted by atomic mass is 31.0. The molecule has 0 saturated heterocycles. The number of hydrogen-bond acceptors (Lipinski definition) is 2. The van der Waals surface area contributed by atoms with Crippen LogP contribution in [-0.4, -0.2) is 0 Å². The van der Waals surface area contributed by atoms with Crippen LogP contribution < -0.4 is 5.43 Å². The third kappa shape index (κ3) is 3.36. The number of hydrogen-bond donors (Lipinski definition) is 0. The zero-order valence-corrected chi connectivity index (χ0v) is 18.3. The first-order chi connectivity index (χ1) is 13.2. The molecule has 136 valence electrons. The van der Waals surface area contributed by atoms with E-state index in [0.717, 1.165) is 40.6 Å². The number of fused-ring (bicyclic) bond motifs is 2. The first-order valence-electron chi connectivity index (χ1n) is 8.85. The van der Waals surface area contributed by atoms with E-state index in [1.807, 2.05) is 18.2 Å². The van der Waals surface area contributed by atoms with Crippen molar-refractivity contribution in [3.05, 3.63) is 81.7 Å². The van der Waals surface area contributed by atoms with Crippen LogP contribution in [0.1, 0.15) is 16.7 Å². The molecule has 4 rings (SSSR count). The van der Waals surface area contributed by atoms with Crippen molar-refractivity contribution in [1.29, 1.82) is 0 Å². The van der Waals surface area contributed by atoms with Crippen LogP contribution in [0.25, 0.3) is 32.9 Å². The molecule has 0 spiro atoms. The van der Waals surface area contributed by atoms with E-state index in [1.165, 1.54) is 10.9 Å². The predicted octanol–water partition coefficient (Wildman–Crippen LogP) is 5.74. The lowest BCUT2D eigenvalue weighted by molar-refractivity contribution is 0.604. The molecule has 0 bridgehead atoms. The third-order valence-corrected chi connectivity index (χ3v) is 6.34. The molecule has 0 radical (unpaired) electrons. The molecular formula is C22H21O2P3. The van der Waals surface area contributed by atoms with Crippen molar-refractivity contribution in [1.82, 2.24) is 0 Å². The normalized spacial score (nSPS) is 11.4. The minimum absolute atomic E-state index is 0.0370. The van der Waals surface area contributed by atoms with Crippen LogP contribution in [0.2, 0.25) is 0 Å². The number of rotatable bonds is 4. The molecule has 0 fully saturated rings. The molecule has 0 saturated carbocycles. The molecule has 0 N–H and O–H groups in total. The van der Waals surface area contributed by atoms with Crippen molar-refractivity contribution >= 4 is 49.5 Å². The van der Waals surface area contributed by atoms with Crippen molar-refractivity contribution in [2.45, 2.75) is 18.5 Å². The van der Waals surface area contributed by atoms with Gasteiger partial charge in [-0.2, -0.15) is 0 Å². The van der Waals surface area contributed by atoms with E-state index in [2.05, 4.69) is 58.1 Å². The molecule has 1 heterocycles. The van der Waals surface area contributed by atoms with E-state index >= 15 is 0 Å². The van der Waals surface area contributed by atoms with Gasteiger partial charge in [0.25, 0.3) is 0 Å². The molecule has 3 atom stereocenters. The van der Waals surface area contributed by atoms with Crippen LogP contribution in [0.3, 0.4) is 0 Å². The van der Waals surface area contributed by atoms with Gasteiger partial charge in [-0.25, -0.2) is 0 Å². The molecule has 5 heteroatoms. The van der Waals surface area contributed by atoms with Gasteiger partial charge in [0, 0.05) is 0 Å². The second-order valence-corrected chi connectivity index (χ2v) is 7.79. The van der Waals surface area contributed by atoms with Crippen LogP contribution in [0.4, 0.5) is 0 Å². The summed E-state index contributed by atoms with van der Waals surface area (Å²) < 4.78 is 5.85. The van der Waals surface area contributed by atoms with E-state index in [9.17, 15) is 4.79 Å². The van der Waals surface area contributed by atoms with E-state index in [4.69, 9.17) is 4.42 Å². The van der Waals surface area contributed by atoms with E-state index in [0.29, 0.717) is 16.5 Å². The summed E-state index contributed by atoms with van der Waals surface area (Å²) in [4.78, 5) is 13.3. The van der Waals surface area contributed by atoms with Gasteiger partial charge in [-0.15, -0.1) is 27.7 Å². The molecule has 0 amide bonds. The molecule has 4 aromatic rings. The quantitative estimate of drug-likeness (QED) is 0.402. The Bertz CT molecular complexity index is 1210. The van der Waals surface area contributed by atoms with Gasteiger partial charge >= 0.3 is 0 Å². The molecule has 0 aliphatic heterocycles. The highest BCUT2D eigenvalue weighted by Crippen LogP contribution is 2.29. The Kier molecular flexibility index (Phi) is 5.43. The van der Waals surface area contributed by atoms with Crippen molar-refractivity contribution in [2.75, 3.05) is 0 Å². The zero-order chi connectivity index (χ0) is 19.0. The molecule has 0 aliphatic rings. The Morgan fingerprint density at radius 3 is 2.33 bits per heavy atom. The van der Waals surface area contributed by atoms with Crippen molar-refractivity contribution in [3.63, 3.8) is 0 Å². The molecule has 0 aliphatic carbocycles. The first-order valence-corrected chi connectivity index (χ1v) is 11.3. The summed E-state index contributed by atoms with van der Waals surface area (Å²) in [5.41, 5.74) is 5.68. The van der Waals surface area contributed by atoms with Crippen molar-refractivity contribution in [3.8, 4) is 11.1 Å². The van der Waals surface area contributed by atoms with Crippen LogP contribution in [-0.2, 0) is 18.5 Å². The standard InChI is InChI=1S/C22H21O2P3/c23-22-18(9-24-20-6-5-17(11-26)19(12-27)21(20)22)16-4-3-14-7-13(10-25)1-2-15(14)8-16/h1-9H,10-12,25-27H2. The maximum absolute atomic E-state index is 13.3. The van der Waals surface area contributed by atoms with E-state index in [-0.39, 0.29) is 5.43 Å². The highest BCUT2D eigenvalue weighted by molar-refractivity contribution is 7.16.